The van der Waals surface area contributed by atoms with Crippen LogP contribution in [0.25, 0.3) is 0 Å². The minimum absolute atomic E-state index is 0.0604. The van der Waals surface area contributed by atoms with Crippen LogP contribution in [0.1, 0.15) is 47.0 Å². The van der Waals surface area contributed by atoms with Crippen LogP contribution in [-0.4, -0.2) is 49.6 Å². The number of nitrogens with one attached hydrogen (secondary N) is 2. The zero-order valence-electron chi connectivity index (χ0n) is 13.4. The van der Waals surface area contributed by atoms with E-state index in [1.807, 2.05) is 7.05 Å². The Balaban J connectivity index is 2.12. The number of piperidine rings is 1. The summed E-state index contributed by atoms with van der Waals surface area (Å²) in [7, 11) is 1.83. The zero-order chi connectivity index (χ0) is 14.3. The number of nitrogens with zero attached hydrogens (tertiary/aromatic N) is 2. The molecular weight excluding hydrogens is 236 g/mol. The van der Waals surface area contributed by atoms with E-state index in [1.54, 1.807) is 0 Å². The number of hydrogen-bond acceptors (Lipinski definition) is 2. The van der Waals surface area contributed by atoms with Crippen LogP contribution in [0, 0.1) is 5.92 Å². The van der Waals surface area contributed by atoms with Crippen molar-refractivity contribution < 1.29 is 0 Å². The van der Waals surface area contributed by atoms with Crippen molar-refractivity contribution in [2.24, 2.45) is 10.9 Å². The van der Waals surface area contributed by atoms with E-state index in [-0.39, 0.29) is 5.54 Å². The first kappa shape index (κ1) is 16.3. The van der Waals surface area contributed by atoms with Gasteiger partial charge in [-0.1, -0.05) is 6.92 Å². The van der Waals surface area contributed by atoms with Gasteiger partial charge in [0.15, 0.2) is 5.96 Å². The van der Waals surface area contributed by atoms with Crippen molar-refractivity contribution in [3.8, 4) is 0 Å². The summed E-state index contributed by atoms with van der Waals surface area (Å²) in [6, 6.07) is 0. The Kier molecular flexibility index (Phi) is 6.63. The first-order chi connectivity index (χ1) is 8.90. The predicted octanol–water partition coefficient (Wildman–Crippen LogP) is 2.07. The van der Waals surface area contributed by atoms with Gasteiger partial charge in [0.1, 0.15) is 0 Å². The summed E-state index contributed by atoms with van der Waals surface area (Å²) < 4.78 is 0. The van der Waals surface area contributed by atoms with E-state index in [2.05, 4.69) is 48.2 Å². The highest BCUT2D eigenvalue weighted by molar-refractivity contribution is 5.80. The second kappa shape index (κ2) is 7.73. The lowest BCUT2D eigenvalue weighted by atomic mass is 9.99. The molecule has 4 heteroatoms. The third-order valence-electron chi connectivity index (χ3n) is 3.54. The summed E-state index contributed by atoms with van der Waals surface area (Å²) in [6.45, 7) is 13.5. The highest BCUT2D eigenvalue weighted by Gasteiger charge is 2.15. The van der Waals surface area contributed by atoms with Gasteiger partial charge in [0.2, 0.25) is 0 Å². The van der Waals surface area contributed by atoms with Gasteiger partial charge in [0, 0.05) is 19.1 Å². The van der Waals surface area contributed by atoms with Gasteiger partial charge >= 0.3 is 0 Å². The Morgan fingerprint density at radius 2 is 1.89 bits per heavy atom. The molecule has 4 nitrogen and oxygen atoms in total. The molecule has 19 heavy (non-hydrogen) atoms. The molecule has 0 aliphatic carbocycles. The molecule has 0 saturated carbocycles. The topological polar surface area (TPSA) is 39.7 Å². The van der Waals surface area contributed by atoms with E-state index in [0.717, 1.165) is 18.4 Å². The maximum atomic E-state index is 4.25. The summed E-state index contributed by atoms with van der Waals surface area (Å²) in [5, 5.41) is 6.76. The largest absolute Gasteiger partial charge is 0.356 e. The molecule has 0 bridgehead atoms. The Morgan fingerprint density at radius 1 is 1.26 bits per heavy atom. The smallest absolute Gasteiger partial charge is 0.191 e. The third-order valence-corrected chi connectivity index (χ3v) is 3.54. The molecule has 0 spiro atoms. The molecule has 0 aromatic rings. The fourth-order valence-electron chi connectivity index (χ4n) is 2.33. The Bertz CT molecular complexity index is 272. The number of aliphatic imine (C=N–C) groups is 1. The van der Waals surface area contributed by atoms with Crippen molar-refractivity contribution in [1.82, 2.24) is 15.5 Å². The second-order valence-corrected chi connectivity index (χ2v) is 6.75. The number of hydrogen-bond donors (Lipinski definition) is 2. The predicted molar refractivity (Wildman–Crippen MR) is 83.7 cm³/mol. The molecule has 1 rings (SSSR count). The van der Waals surface area contributed by atoms with E-state index in [9.17, 15) is 0 Å². The van der Waals surface area contributed by atoms with Crippen molar-refractivity contribution in [3.05, 3.63) is 0 Å². The fraction of sp³-hybridized carbons (Fsp3) is 0.933. The maximum Gasteiger partial charge on any atom is 0.191 e. The molecule has 112 valence electrons. The molecule has 2 N–H and O–H groups in total. The fourth-order valence-corrected chi connectivity index (χ4v) is 2.33. The van der Waals surface area contributed by atoms with Crippen LogP contribution in [0.3, 0.4) is 0 Å². The van der Waals surface area contributed by atoms with Gasteiger partial charge in [0.25, 0.3) is 0 Å². The summed E-state index contributed by atoms with van der Waals surface area (Å²) in [4.78, 5) is 6.83. The molecule has 0 radical (unpaired) electrons. The van der Waals surface area contributed by atoms with Crippen LogP contribution in [0.15, 0.2) is 4.99 Å². The van der Waals surface area contributed by atoms with Crippen LogP contribution >= 0.6 is 0 Å². The minimum atomic E-state index is 0.0604. The van der Waals surface area contributed by atoms with Crippen LogP contribution in [0.4, 0.5) is 0 Å². The standard InChI is InChI=1S/C15H32N4/c1-13-7-11-19(12-8-13)10-6-9-17-14(16-5)18-15(2,3)4/h13H,6-12H2,1-5H3,(H2,16,17,18). The number of rotatable bonds is 4. The summed E-state index contributed by atoms with van der Waals surface area (Å²) in [5.74, 6) is 1.82. The first-order valence-corrected chi connectivity index (χ1v) is 7.62. The van der Waals surface area contributed by atoms with Gasteiger partial charge in [-0.05, 0) is 65.6 Å². The third kappa shape index (κ3) is 7.41. The lowest BCUT2D eigenvalue weighted by Gasteiger charge is -2.30. The van der Waals surface area contributed by atoms with Crippen molar-refractivity contribution in [1.29, 1.82) is 0 Å². The highest BCUT2D eigenvalue weighted by atomic mass is 15.2. The van der Waals surface area contributed by atoms with E-state index in [0.29, 0.717) is 0 Å². The van der Waals surface area contributed by atoms with Crippen molar-refractivity contribution in [3.63, 3.8) is 0 Å². The van der Waals surface area contributed by atoms with Crippen molar-refractivity contribution in [2.45, 2.75) is 52.5 Å². The quantitative estimate of drug-likeness (QED) is 0.466. The van der Waals surface area contributed by atoms with E-state index < -0.39 is 0 Å². The molecule has 0 amide bonds. The summed E-state index contributed by atoms with van der Waals surface area (Å²) in [6.07, 6.45) is 3.90. The van der Waals surface area contributed by atoms with Gasteiger partial charge in [-0.15, -0.1) is 0 Å². The SMILES string of the molecule is CN=C(NCCCN1CCC(C)CC1)NC(C)(C)C. The van der Waals surface area contributed by atoms with Gasteiger partial charge < -0.3 is 15.5 Å². The molecule has 1 aliphatic rings. The minimum Gasteiger partial charge on any atom is -0.356 e. The molecule has 1 aliphatic heterocycles. The van der Waals surface area contributed by atoms with Gasteiger partial charge in [-0.2, -0.15) is 0 Å². The number of guanidine groups is 1. The average molecular weight is 268 g/mol. The zero-order valence-corrected chi connectivity index (χ0v) is 13.4. The molecule has 0 aromatic carbocycles. The lowest BCUT2D eigenvalue weighted by molar-refractivity contribution is 0.191. The lowest BCUT2D eigenvalue weighted by Crippen LogP contribution is -2.48. The average Bonchev–Trinajstić information content (AvgIpc) is 2.34. The van der Waals surface area contributed by atoms with Crippen molar-refractivity contribution in [2.75, 3.05) is 33.2 Å². The monoisotopic (exact) mass is 268 g/mol. The molecule has 1 heterocycles. The molecule has 0 unspecified atom stereocenters. The van der Waals surface area contributed by atoms with E-state index in [4.69, 9.17) is 0 Å². The molecule has 1 saturated heterocycles. The Morgan fingerprint density at radius 3 is 2.42 bits per heavy atom. The number of likely N-dealkylation sites (tertiary alicyclic amines) is 1. The molecule has 0 aromatic heterocycles. The van der Waals surface area contributed by atoms with Crippen LogP contribution < -0.4 is 10.6 Å². The Labute approximate surface area is 119 Å². The first-order valence-electron chi connectivity index (χ1n) is 7.62. The van der Waals surface area contributed by atoms with Crippen LogP contribution in [0.2, 0.25) is 0 Å². The maximum absolute atomic E-state index is 4.25. The van der Waals surface area contributed by atoms with E-state index in [1.165, 1.54) is 38.9 Å². The van der Waals surface area contributed by atoms with Gasteiger partial charge in [0.05, 0.1) is 0 Å². The summed E-state index contributed by atoms with van der Waals surface area (Å²) >= 11 is 0. The van der Waals surface area contributed by atoms with Crippen molar-refractivity contribution >= 4 is 5.96 Å². The highest BCUT2D eigenvalue weighted by Crippen LogP contribution is 2.15. The van der Waals surface area contributed by atoms with Gasteiger partial charge in [-0.3, -0.25) is 4.99 Å². The van der Waals surface area contributed by atoms with E-state index >= 15 is 0 Å². The Hall–Kier alpha value is -0.770. The second-order valence-electron chi connectivity index (χ2n) is 6.75. The van der Waals surface area contributed by atoms with Crippen LogP contribution in [-0.2, 0) is 0 Å². The van der Waals surface area contributed by atoms with Crippen LogP contribution in [0.5, 0.6) is 0 Å². The summed E-state index contributed by atoms with van der Waals surface area (Å²) in [5.41, 5.74) is 0.0604. The normalized spacial score (nSPS) is 19.5. The molecule has 1 fully saturated rings. The molecular formula is C15H32N4. The van der Waals surface area contributed by atoms with Gasteiger partial charge in [-0.25, -0.2) is 0 Å². The molecule has 0 atom stereocenters.